The van der Waals surface area contributed by atoms with Crippen molar-refractivity contribution >= 4 is 28.9 Å². The van der Waals surface area contributed by atoms with Crippen molar-refractivity contribution in [2.75, 3.05) is 0 Å². The number of para-hydroxylation sites is 1. The van der Waals surface area contributed by atoms with Gasteiger partial charge >= 0.3 is 5.97 Å². The Morgan fingerprint density at radius 3 is 2.39 bits per heavy atom. The van der Waals surface area contributed by atoms with Crippen molar-refractivity contribution in [2.24, 2.45) is 4.99 Å². The predicted octanol–water partition coefficient (Wildman–Crippen LogP) is 4.44. The lowest BCUT2D eigenvalue weighted by Gasteiger charge is -2.18. The number of benzene rings is 2. The van der Waals surface area contributed by atoms with Gasteiger partial charge in [-0.15, -0.1) is 0 Å². The molecule has 0 atom stereocenters. The lowest BCUT2D eigenvalue weighted by atomic mass is 9.87. The van der Waals surface area contributed by atoms with Gasteiger partial charge in [-0.25, -0.2) is 9.79 Å². The molecule has 0 amide bonds. The average Bonchev–Trinajstić information content (AvgIpc) is 3.04. The Kier molecular flexibility index (Phi) is 4.23. The van der Waals surface area contributed by atoms with Crippen molar-refractivity contribution in [3.05, 3.63) is 87.4 Å². The van der Waals surface area contributed by atoms with Crippen molar-refractivity contribution in [1.29, 1.82) is 0 Å². The van der Waals surface area contributed by atoms with Gasteiger partial charge in [0.05, 0.1) is 10.9 Å². The summed E-state index contributed by atoms with van der Waals surface area (Å²) < 4.78 is 10.8. The highest BCUT2D eigenvalue weighted by Gasteiger charge is 2.25. The molecule has 1 aromatic heterocycles. The third kappa shape index (κ3) is 3.27. The summed E-state index contributed by atoms with van der Waals surface area (Å²) in [6, 6.07) is 14.7. The molecule has 0 spiro atoms. The van der Waals surface area contributed by atoms with Crippen LogP contribution in [-0.4, -0.2) is 11.9 Å². The number of rotatable bonds is 2. The lowest BCUT2D eigenvalue weighted by Crippen LogP contribution is -2.11. The van der Waals surface area contributed by atoms with Crippen LogP contribution in [0, 0.1) is 0 Å². The largest absolute Gasteiger partial charge is 0.463 e. The number of cyclic esters (lactones) is 1. The zero-order valence-corrected chi connectivity index (χ0v) is 15.9. The van der Waals surface area contributed by atoms with Crippen LogP contribution in [0.5, 0.6) is 0 Å². The lowest BCUT2D eigenvalue weighted by molar-refractivity contribution is -0.129. The van der Waals surface area contributed by atoms with Crippen LogP contribution < -0.4 is 5.43 Å². The van der Waals surface area contributed by atoms with Crippen LogP contribution in [0.1, 0.15) is 37.5 Å². The Balaban J connectivity index is 1.70. The van der Waals surface area contributed by atoms with E-state index < -0.39 is 5.97 Å². The van der Waals surface area contributed by atoms with Gasteiger partial charge < -0.3 is 9.15 Å². The molecule has 3 aromatic rings. The summed E-state index contributed by atoms with van der Waals surface area (Å²) in [7, 11) is 0. The van der Waals surface area contributed by atoms with E-state index >= 15 is 0 Å². The number of carbonyl (C=O) groups is 1. The summed E-state index contributed by atoms with van der Waals surface area (Å²) in [6.07, 6.45) is 2.73. The Morgan fingerprint density at radius 1 is 0.964 bits per heavy atom. The fourth-order valence-electron chi connectivity index (χ4n) is 2.99. The van der Waals surface area contributed by atoms with E-state index in [1.165, 1.54) is 17.9 Å². The Bertz CT molecular complexity index is 1190. The molecule has 5 heteroatoms. The van der Waals surface area contributed by atoms with Crippen molar-refractivity contribution in [3.8, 4) is 0 Å². The number of carbonyl (C=O) groups excluding carboxylic acids is 1. The van der Waals surface area contributed by atoms with Crippen molar-refractivity contribution in [3.63, 3.8) is 0 Å². The van der Waals surface area contributed by atoms with Gasteiger partial charge in [-0.1, -0.05) is 45.0 Å². The molecule has 5 nitrogen and oxygen atoms in total. The number of aliphatic imine (C=N–C) groups is 1. The van der Waals surface area contributed by atoms with E-state index in [0.29, 0.717) is 16.5 Å². The van der Waals surface area contributed by atoms with Crippen LogP contribution in [0.3, 0.4) is 0 Å². The number of esters is 1. The minimum atomic E-state index is -0.595. The van der Waals surface area contributed by atoms with E-state index in [0.717, 1.165) is 0 Å². The molecule has 28 heavy (non-hydrogen) atoms. The minimum absolute atomic E-state index is 0.0296. The van der Waals surface area contributed by atoms with Crippen molar-refractivity contribution < 1.29 is 13.9 Å². The summed E-state index contributed by atoms with van der Waals surface area (Å²) in [6.45, 7) is 6.39. The smallest absolute Gasteiger partial charge is 0.363 e. The van der Waals surface area contributed by atoms with E-state index in [1.54, 1.807) is 24.3 Å². The van der Waals surface area contributed by atoms with Crippen LogP contribution in [0.2, 0.25) is 0 Å². The summed E-state index contributed by atoms with van der Waals surface area (Å²) in [4.78, 5) is 29.1. The first-order chi connectivity index (χ1) is 13.3. The second-order valence-corrected chi connectivity index (χ2v) is 7.68. The van der Waals surface area contributed by atoms with Gasteiger partial charge in [-0.3, -0.25) is 4.79 Å². The normalized spacial score (nSPS) is 15.8. The van der Waals surface area contributed by atoms with E-state index in [9.17, 15) is 9.59 Å². The second kappa shape index (κ2) is 6.60. The molecule has 0 saturated heterocycles. The first-order valence-corrected chi connectivity index (χ1v) is 8.97. The second-order valence-electron chi connectivity index (χ2n) is 7.68. The van der Waals surface area contributed by atoms with Crippen LogP contribution in [-0.2, 0) is 14.9 Å². The van der Waals surface area contributed by atoms with E-state index in [-0.39, 0.29) is 28.0 Å². The SMILES string of the molecule is CC(C)(C)c1ccc(C2=NC(=Cc3coc4ccccc4c3=O)C(=O)O2)cc1. The van der Waals surface area contributed by atoms with E-state index in [4.69, 9.17) is 9.15 Å². The molecule has 1 aliphatic heterocycles. The number of hydrogen-bond donors (Lipinski definition) is 0. The molecular formula is C23H19NO4. The quantitative estimate of drug-likeness (QED) is 0.492. The first-order valence-electron chi connectivity index (χ1n) is 8.97. The molecule has 140 valence electrons. The van der Waals surface area contributed by atoms with E-state index in [1.807, 2.05) is 24.3 Å². The van der Waals surface area contributed by atoms with Gasteiger partial charge in [0, 0.05) is 5.56 Å². The molecule has 0 radical (unpaired) electrons. The van der Waals surface area contributed by atoms with Crippen LogP contribution in [0.25, 0.3) is 17.0 Å². The summed E-state index contributed by atoms with van der Waals surface area (Å²) >= 11 is 0. The zero-order chi connectivity index (χ0) is 19.9. The van der Waals surface area contributed by atoms with Gasteiger partial charge in [-0.2, -0.15) is 0 Å². The molecule has 2 aromatic carbocycles. The molecule has 0 aliphatic carbocycles. The molecule has 2 heterocycles. The highest BCUT2D eigenvalue weighted by molar-refractivity contribution is 6.12. The van der Waals surface area contributed by atoms with Gasteiger partial charge in [0.2, 0.25) is 5.90 Å². The summed E-state index contributed by atoms with van der Waals surface area (Å²) in [5, 5.41) is 0.449. The monoisotopic (exact) mass is 373 g/mol. The van der Waals surface area contributed by atoms with Crippen molar-refractivity contribution in [2.45, 2.75) is 26.2 Å². The fourth-order valence-corrected chi connectivity index (χ4v) is 2.99. The minimum Gasteiger partial charge on any atom is -0.463 e. The maximum atomic E-state index is 12.6. The Morgan fingerprint density at radius 2 is 1.68 bits per heavy atom. The fraction of sp³-hybridized carbons (Fsp3) is 0.174. The van der Waals surface area contributed by atoms with Gasteiger partial charge in [-0.05, 0) is 41.3 Å². The van der Waals surface area contributed by atoms with Crippen LogP contribution in [0.15, 0.2) is 74.7 Å². The van der Waals surface area contributed by atoms with Crippen LogP contribution >= 0.6 is 0 Å². The Hall–Kier alpha value is -3.47. The van der Waals surface area contributed by atoms with Crippen LogP contribution in [0.4, 0.5) is 0 Å². The van der Waals surface area contributed by atoms with Gasteiger partial charge in [0.25, 0.3) is 0 Å². The van der Waals surface area contributed by atoms with Gasteiger partial charge in [0.15, 0.2) is 11.1 Å². The summed E-state index contributed by atoms with van der Waals surface area (Å²) in [5.41, 5.74) is 2.49. The third-order valence-electron chi connectivity index (χ3n) is 4.62. The Labute approximate surface area is 162 Å². The topological polar surface area (TPSA) is 68.9 Å². The maximum Gasteiger partial charge on any atom is 0.363 e. The molecule has 0 fully saturated rings. The molecule has 0 bridgehead atoms. The zero-order valence-electron chi connectivity index (χ0n) is 15.9. The van der Waals surface area contributed by atoms with E-state index in [2.05, 4.69) is 25.8 Å². The van der Waals surface area contributed by atoms with Crippen molar-refractivity contribution in [1.82, 2.24) is 0 Å². The first kappa shape index (κ1) is 17.9. The number of ether oxygens (including phenoxy) is 1. The molecular weight excluding hydrogens is 354 g/mol. The highest BCUT2D eigenvalue weighted by atomic mass is 16.6. The number of hydrogen-bond acceptors (Lipinski definition) is 5. The third-order valence-corrected chi connectivity index (χ3v) is 4.62. The standard InChI is InChI=1S/C23H19NO4/c1-23(2,3)16-10-8-14(9-11-16)21-24-18(22(26)28-21)12-15-13-27-19-7-5-4-6-17(19)20(15)25/h4-13H,1-3H3. The molecule has 1 aliphatic rings. The average molecular weight is 373 g/mol. The molecule has 0 unspecified atom stereocenters. The highest BCUT2D eigenvalue weighted by Crippen LogP contribution is 2.24. The maximum absolute atomic E-state index is 12.6. The molecule has 0 N–H and O–H groups in total. The molecule has 0 saturated carbocycles. The molecule has 4 rings (SSSR count). The predicted molar refractivity (Wildman–Crippen MR) is 108 cm³/mol. The van der Waals surface area contributed by atoms with Gasteiger partial charge in [0.1, 0.15) is 11.8 Å². The number of fused-ring (bicyclic) bond motifs is 1. The number of nitrogens with zero attached hydrogens (tertiary/aromatic N) is 1. The summed E-state index contributed by atoms with van der Waals surface area (Å²) in [5.74, 6) is -0.371.